The summed E-state index contributed by atoms with van der Waals surface area (Å²) < 4.78 is 6.59. The van der Waals surface area contributed by atoms with E-state index in [9.17, 15) is 4.79 Å². The molecular formula is C14H9BrN2O2. The number of hydrogen-bond donors (Lipinski definition) is 1. The molecular weight excluding hydrogens is 308 g/mol. The first-order chi connectivity index (χ1) is 9.20. The summed E-state index contributed by atoms with van der Waals surface area (Å²) in [7, 11) is 0. The van der Waals surface area contributed by atoms with Crippen LogP contribution in [0.3, 0.4) is 0 Å². The second-order valence-electron chi connectivity index (χ2n) is 4.00. The molecule has 0 fully saturated rings. The Morgan fingerprint density at radius 2 is 1.84 bits per heavy atom. The SMILES string of the molecule is O=c1cc(Oc2ccc3cc(Br)ccc3c2)nc[nH]1. The van der Waals surface area contributed by atoms with Gasteiger partial charge in [0.15, 0.2) is 0 Å². The number of aromatic nitrogens is 2. The fourth-order valence-electron chi connectivity index (χ4n) is 1.79. The van der Waals surface area contributed by atoms with Crippen molar-refractivity contribution < 1.29 is 4.74 Å². The van der Waals surface area contributed by atoms with E-state index in [0.29, 0.717) is 5.75 Å². The van der Waals surface area contributed by atoms with Gasteiger partial charge in [-0.25, -0.2) is 4.98 Å². The zero-order chi connectivity index (χ0) is 13.2. The van der Waals surface area contributed by atoms with E-state index in [0.717, 1.165) is 15.2 Å². The van der Waals surface area contributed by atoms with Crippen LogP contribution in [0.5, 0.6) is 11.6 Å². The normalized spacial score (nSPS) is 10.6. The second kappa shape index (κ2) is 4.85. The van der Waals surface area contributed by atoms with Gasteiger partial charge in [-0.05, 0) is 35.0 Å². The van der Waals surface area contributed by atoms with E-state index in [1.165, 1.54) is 12.4 Å². The van der Waals surface area contributed by atoms with Crippen molar-refractivity contribution in [3.63, 3.8) is 0 Å². The van der Waals surface area contributed by atoms with Gasteiger partial charge in [0, 0.05) is 4.47 Å². The van der Waals surface area contributed by atoms with E-state index >= 15 is 0 Å². The minimum atomic E-state index is -0.241. The summed E-state index contributed by atoms with van der Waals surface area (Å²) in [5.74, 6) is 0.924. The predicted molar refractivity (Wildman–Crippen MR) is 76.6 cm³/mol. The highest BCUT2D eigenvalue weighted by Gasteiger charge is 2.01. The van der Waals surface area contributed by atoms with Crippen LogP contribution in [0.2, 0.25) is 0 Å². The molecule has 94 valence electrons. The van der Waals surface area contributed by atoms with Gasteiger partial charge in [-0.2, -0.15) is 0 Å². The van der Waals surface area contributed by atoms with Crippen LogP contribution in [0.25, 0.3) is 10.8 Å². The standard InChI is InChI=1S/C14H9BrN2O2/c15-11-3-1-10-6-12(4-2-9(10)5-11)19-14-7-13(18)16-8-17-14/h1-8H,(H,16,17,18). The van der Waals surface area contributed by atoms with Crippen LogP contribution in [-0.4, -0.2) is 9.97 Å². The lowest BCUT2D eigenvalue weighted by Crippen LogP contribution is -2.04. The molecule has 0 aliphatic rings. The van der Waals surface area contributed by atoms with Crippen molar-refractivity contribution in [2.45, 2.75) is 0 Å². The van der Waals surface area contributed by atoms with E-state index in [4.69, 9.17) is 4.74 Å². The molecule has 0 aliphatic carbocycles. The minimum absolute atomic E-state index is 0.241. The zero-order valence-corrected chi connectivity index (χ0v) is 11.3. The average molecular weight is 317 g/mol. The molecule has 0 saturated heterocycles. The highest BCUT2D eigenvalue weighted by atomic mass is 79.9. The molecule has 1 heterocycles. The molecule has 5 heteroatoms. The van der Waals surface area contributed by atoms with E-state index in [1.807, 2.05) is 36.4 Å². The fraction of sp³-hybridized carbons (Fsp3) is 0. The van der Waals surface area contributed by atoms with Gasteiger partial charge in [-0.3, -0.25) is 4.79 Å². The molecule has 0 bridgehead atoms. The molecule has 1 aromatic heterocycles. The summed E-state index contributed by atoms with van der Waals surface area (Å²) >= 11 is 3.43. The van der Waals surface area contributed by atoms with Crippen LogP contribution in [0.4, 0.5) is 0 Å². The molecule has 0 unspecified atom stereocenters. The lowest BCUT2D eigenvalue weighted by Gasteiger charge is -2.05. The van der Waals surface area contributed by atoms with Gasteiger partial charge in [-0.1, -0.05) is 28.1 Å². The third kappa shape index (κ3) is 2.66. The molecule has 3 rings (SSSR count). The monoisotopic (exact) mass is 316 g/mol. The number of halogens is 1. The lowest BCUT2D eigenvalue weighted by molar-refractivity contribution is 0.461. The number of H-pyrrole nitrogens is 1. The molecule has 0 amide bonds. The maximum atomic E-state index is 11.1. The van der Waals surface area contributed by atoms with E-state index in [-0.39, 0.29) is 11.4 Å². The Labute approximate surface area is 117 Å². The molecule has 0 radical (unpaired) electrons. The fourth-order valence-corrected chi connectivity index (χ4v) is 2.16. The molecule has 0 spiro atoms. The summed E-state index contributed by atoms with van der Waals surface area (Å²) in [6, 6.07) is 13.0. The number of nitrogens with one attached hydrogen (secondary N) is 1. The first-order valence-corrected chi connectivity index (χ1v) is 6.42. The van der Waals surface area contributed by atoms with Gasteiger partial charge in [-0.15, -0.1) is 0 Å². The zero-order valence-electron chi connectivity index (χ0n) is 9.76. The van der Waals surface area contributed by atoms with E-state index in [2.05, 4.69) is 25.9 Å². The maximum absolute atomic E-state index is 11.1. The van der Waals surface area contributed by atoms with Crippen LogP contribution in [0.15, 0.2) is 58.1 Å². The molecule has 0 aliphatic heterocycles. The predicted octanol–water partition coefficient (Wildman–Crippen LogP) is 3.48. The number of hydrogen-bond acceptors (Lipinski definition) is 3. The number of rotatable bonds is 2. The molecule has 2 aromatic carbocycles. The smallest absolute Gasteiger partial charge is 0.254 e. The maximum Gasteiger partial charge on any atom is 0.254 e. The first kappa shape index (κ1) is 11.9. The number of ether oxygens (including phenoxy) is 1. The summed E-state index contributed by atoms with van der Waals surface area (Å²) in [6.07, 6.45) is 1.32. The van der Waals surface area contributed by atoms with Crippen molar-refractivity contribution in [1.29, 1.82) is 0 Å². The Morgan fingerprint density at radius 3 is 2.68 bits per heavy atom. The first-order valence-electron chi connectivity index (χ1n) is 5.63. The van der Waals surface area contributed by atoms with Crippen molar-refractivity contribution in [3.05, 3.63) is 63.6 Å². The quantitative estimate of drug-likeness (QED) is 0.787. The molecule has 0 atom stereocenters. The number of nitrogens with zero attached hydrogens (tertiary/aromatic N) is 1. The Kier molecular flexibility index (Phi) is 3.05. The van der Waals surface area contributed by atoms with Crippen LogP contribution in [0, 0.1) is 0 Å². The van der Waals surface area contributed by atoms with Crippen molar-refractivity contribution in [2.24, 2.45) is 0 Å². The Morgan fingerprint density at radius 1 is 1.05 bits per heavy atom. The van der Waals surface area contributed by atoms with Gasteiger partial charge < -0.3 is 9.72 Å². The van der Waals surface area contributed by atoms with Crippen LogP contribution in [-0.2, 0) is 0 Å². The number of aromatic amines is 1. The largest absolute Gasteiger partial charge is 0.439 e. The molecule has 4 nitrogen and oxygen atoms in total. The Bertz CT molecular complexity index is 799. The third-order valence-electron chi connectivity index (χ3n) is 2.65. The minimum Gasteiger partial charge on any atom is -0.439 e. The van der Waals surface area contributed by atoms with Crippen LogP contribution in [0.1, 0.15) is 0 Å². The highest BCUT2D eigenvalue weighted by Crippen LogP contribution is 2.26. The average Bonchev–Trinajstić information content (AvgIpc) is 2.39. The summed E-state index contributed by atoms with van der Waals surface area (Å²) in [5, 5.41) is 2.17. The van der Waals surface area contributed by atoms with Gasteiger partial charge in [0.05, 0.1) is 12.4 Å². The van der Waals surface area contributed by atoms with Crippen molar-refractivity contribution in [1.82, 2.24) is 9.97 Å². The number of benzene rings is 2. The number of fused-ring (bicyclic) bond motifs is 1. The molecule has 0 saturated carbocycles. The summed E-state index contributed by atoms with van der Waals surface area (Å²) in [4.78, 5) is 17.5. The van der Waals surface area contributed by atoms with Gasteiger partial charge >= 0.3 is 0 Å². The molecule has 19 heavy (non-hydrogen) atoms. The second-order valence-corrected chi connectivity index (χ2v) is 4.92. The molecule has 1 N–H and O–H groups in total. The van der Waals surface area contributed by atoms with Crippen molar-refractivity contribution in [2.75, 3.05) is 0 Å². The van der Waals surface area contributed by atoms with E-state index < -0.39 is 0 Å². The van der Waals surface area contributed by atoms with Crippen LogP contribution >= 0.6 is 15.9 Å². The van der Waals surface area contributed by atoms with Gasteiger partial charge in [0.2, 0.25) is 5.88 Å². The van der Waals surface area contributed by atoms with E-state index in [1.54, 1.807) is 0 Å². The highest BCUT2D eigenvalue weighted by molar-refractivity contribution is 9.10. The Balaban J connectivity index is 1.97. The summed E-state index contributed by atoms with van der Waals surface area (Å²) in [6.45, 7) is 0. The Hall–Kier alpha value is -2.14. The third-order valence-corrected chi connectivity index (χ3v) is 3.14. The van der Waals surface area contributed by atoms with Crippen molar-refractivity contribution >= 4 is 26.7 Å². The topological polar surface area (TPSA) is 55.0 Å². The van der Waals surface area contributed by atoms with Gasteiger partial charge in [0.1, 0.15) is 5.75 Å². The molecule has 3 aromatic rings. The van der Waals surface area contributed by atoms with Gasteiger partial charge in [0.25, 0.3) is 5.56 Å². The van der Waals surface area contributed by atoms with Crippen LogP contribution < -0.4 is 10.3 Å². The lowest BCUT2D eigenvalue weighted by atomic mass is 10.1. The van der Waals surface area contributed by atoms with Crippen molar-refractivity contribution in [3.8, 4) is 11.6 Å². The summed E-state index contributed by atoms with van der Waals surface area (Å²) in [5.41, 5.74) is -0.241.